The first-order valence-electron chi connectivity index (χ1n) is 10.3. The van der Waals surface area contributed by atoms with E-state index < -0.39 is 47.9 Å². The van der Waals surface area contributed by atoms with E-state index in [1.165, 1.54) is 31.4 Å². The first kappa shape index (κ1) is 28.4. The number of carboxylic acid groups (broad SMARTS) is 1. The lowest BCUT2D eigenvalue weighted by Crippen LogP contribution is -2.33. The maximum atomic E-state index is 13.8. The fourth-order valence-electron chi connectivity index (χ4n) is 3.24. The van der Waals surface area contributed by atoms with Crippen LogP contribution in [0.1, 0.15) is 16.7 Å². The summed E-state index contributed by atoms with van der Waals surface area (Å²) in [6.07, 6.45) is -3.39. The molecule has 0 radical (unpaired) electrons. The minimum Gasteiger partial charge on any atom is -0.480 e. The number of nitrogens with one attached hydrogen (secondary N) is 1. The number of methoxy groups -OCH3 is 1. The molecule has 1 fully saturated rings. The fourth-order valence-corrected chi connectivity index (χ4v) is 4.66. The molecule has 8 nitrogen and oxygen atoms in total. The molecule has 1 atom stereocenters. The molecule has 1 aliphatic rings. The lowest BCUT2D eigenvalue weighted by atomic mass is 10.1. The summed E-state index contributed by atoms with van der Waals surface area (Å²) < 4.78 is 51.5. The maximum absolute atomic E-state index is 13.8. The van der Waals surface area contributed by atoms with Crippen LogP contribution in [0.25, 0.3) is 6.08 Å². The van der Waals surface area contributed by atoms with Gasteiger partial charge in [0.05, 0.1) is 17.6 Å². The third-order valence-corrected chi connectivity index (χ3v) is 6.62. The molecule has 0 aromatic heterocycles. The van der Waals surface area contributed by atoms with Gasteiger partial charge in [-0.2, -0.15) is 13.2 Å². The molecule has 3 rings (SSSR count). The van der Waals surface area contributed by atoms with E-state index in [2.05, 4.69) is 9.57 Å². The molecule has 1 heterocycles. The van der Waals surface area contributed by atoms with Gasteiger partial charge in [-0.3, -0.25) is 19.3 Å². The molecule has 2 N–H and O–H groups in total. The quantitative estimate of drug-likeness (QED) is 0.192. The number of alkyl halides is 3. The normalized spacial score (nSPS) is 15.7. The van der Waals surface area contributed by atoms with E-state index in [0.717, 1.165) is 28.8 Å². The lowest BCUT2D eigenvalue weighted by molar-refractivity contribution is -0.142. The van der Waals surface area contributed by atoms with E-state index in [-0.39, 0.29) is 27.0 Å². The molecule has 2 aromatic rings. The van der Waals surface area contributed by atoms with Crippen molar-refractivity contribution in [2.45, 2.75) is 18.6 Å². The third-order valence-electron chi connectivity index (χ3n) is 4.98. The average Bonchev–Trinajstić information content (AvgIpc) is 3.10. The van der Waals surface area contributed by atoms with Crippen molar-refractivity contribution in [2.75, 3.05) is 13.7 Å². The van der Waals surface area contributed by atoms with Crippen LogP contribution in [0.15, 0.2) is 47.4 Å². The Hall–Kier alpha value is -3.13. The number of hydrogen-bond acceptors (Lipinski definition) is 8. The minimum atomic E-state index is -4.78. The monoisotopic (exact) mass is 574 g/mol. The molecule has 37 heavy (non-hydrogen) atoms. The topological polar surface area (TPSA) is 105 Å². The third kappa shape index (κ3) is 7.22. The standard InChI is InChI=1S/C23H18ClF3N2O6S2/c1-34-21(33)16(28-24)9-12-2-5-14(6-3-12)35-17-7-4-13(8-15(17)23(25,26)27)10-18-20(32)29(11-19(30)31)22(36)37-18/h2-8,10,16,28H,9,11H2,1H3,(H,30,31)/b18-10-/t16-/m0/s1. The molecule has 0 bridgehead atoms. The number of nitrogens with zero attached hydrogens (tertiary/aromatic N) is 1. The van der Waals surface area contributed by atoms with Gasteiger partial charge >= 0.3 is 18.1 Å². The molecule has 0 unspecified atom stereocenters. The highest BCUT2D eigenvalue weighted by Gasteiger charge is 2.36. The summed E-state index contributed by atoms with van der Waals surface area (Å²) in [7, 11) is 1.22. The smallest absolute Gasteiger partial charge is 0.420 e. The second-order valence-corrected chi connectivity index (χ2v) is 9.44. The number of ether oxygens (including phenoxy) is 2. The van der Waals surface area contributed by atoms with Crippen molar-refractivity contribution in [1.29, 1.82) is 0 Å². The summed E-state index contributed by atoms with van der Waals surface area (Å²) in [4.78, 5) is 38.2. The fraction of sp³-hybridized carbons (Fsp3) is 0.217. The Morgan fingerprint density at radius 1 is 1.24 bits per heavy atom. The van der Waals surface area contributed by atoms with E-state index in [4.69, 9.17) is 33.8 Å². The molecule has 14 heteroatoms. The number of rotatable bonds is 9. The van der Waals surface area contributed by atoms with Crippen LogP contribution in [0.2, 0.25) is 0 Å². The van der Waals surface area contributed by atoms with Gasteiger partial charge in [-0.25, -0.2) is 4.84 Å². The number of hydrogen-bond donors (Lipinski definition) is 2. The average molecular weight is 575 g/mol. The first-order valence-corrected chi connectivity index (χ1v) is 11.9. The van der Waals surface area contributed by atoms with Gasteiger partial charge in [-0.15, -0.1) is 0 Å². The lowest BCUT2D eigenvalue weighted by Gasteiger charge is -2.15. The van der Waals surface area contributed by atoms with Crippen LogP contribution < -0.4 is 9.57 Å². The van der Waals surface area contributed by atoms with Crippen LogP contribution in [0.5, 0.6) is 11.5 Å². The molecule has 196 valence electrons. The summed E-state index contributed by atoms with van der Waals surface area (Å²) in [6.45, 7) is -0.646. The molecule has 1 aliphatic heterocycles. The van der Waals surface area contributed by atoms with Gasteiger partial charge in [0, 0.05) is 0 Å². The number of benzene rings is 2. The number of carbonyl (C=O) groups is 3. The van der Waals surface area contributed by atoms with Crippen LogP contribution in [0, 0.1) is 0 Å². The predicted octanol–water partition coefficient (Wildman–Crippen LogP) is 4.61. The zero-order chi connectivity index (χ0) is 27.3. The van der Waals surface area contributed by atoms with Gasteiger partial charge in [-0.1, -0.05) is 42.2 Å². The molecular weight excluding hydrogens is 557 g/mol. The Morgan fingerprint density at radius 2 is 1.92 bits per heavy atom. The second-order valence-electron chi connectivity index (χ2n) is 7.55. The Balaban J connectivity index is 1.82. The van der Waals surface area contributed by atoms with Crippen molar-refractivity contribution >= 4 is 64.0 Å². The summed E-state index contributed by atoms with van der Waals surface area (Å²) >= 11 is 11.4. The highest BCUT2D eigenvalue weighted by Crippen LogP contribution is 2.40. The van der Waals surface area contributed by atoms with Crippen LogP contribution in [0.3, 0.4) is 0 Å². The summed E-state index contributed by atoms with van der Waals surface area (Å²) in [5, 5.41) is 8.91. The zero-order valence-corrected chi connectivity index (χ0v) is 21.3. The van der Waals surface area contributed by atoms with Crippen molar-refractivity contribution in [3.63, 3.8) is 0 Å². The van der Waals surface area contributed by atoms with Gasteiger partial charge in [0.1, 0.15) is 28.4 Å². The van der Waals surface area contributed by atoms with E-state index in [0.29, 0.717) is 5.56 Å². The molecule has 1 amide bonds. The van der Waals surface area contributed by atoms with Crippen molar-refractivity contribution in [1.82, 2.24) is 9.74 Å². The number of esters is 1. The highest BCUT2D eigenvalue weighted by atomic mass is 35.5. The molecule has 0 aliphatic carbocycles. The van der Waals surface area contributed by atoms with Crippen LogP contribution >= 0.6 is 35.8 Å². The Kier molecular flexibility index (Phi) is 9.18. The molecule has 2 aromatic carbocycles. The van der Waals surface area contributed by atoms with Crippen molar-refractivity contribution in [3.8, 4) is 11.5 Å². The minimum absolute atomic E-state index is 0.000302. The van der Waals surface area contributed by atoms with Gasteiger partial charge in [0.2, 0.25) is 0 Å². The number of thioether (sulfide) groups is 1. The number of aliphatic carboxylic acids is 1. The molecular formula is C23H18ClF3N2O6S2. The largest absolute Gasteiger partial charge is 0.480 e. The highest BCUT2D eigenvalue weighted by molar-refractivity contribution is 8.26. The predicted molar refractivity (Wildman–Crippen MR) is 134 cm³/mol. The van der Waals surface area contributed by atoms with Crippen molar-refractivity contribution < 1.29 is 42.1 Å². The molecule has 1 saturated heterocycles. The van der Waals surface area contributed by atoms with Gasteiger partial charge < -0.3 is 14.6 Å². The summed E-state index contributed by atoms with van der Waals surface area (Å²) in [5.74, 6) is -2.90. The first-order chi connectivity index (χ1) is 17.4. The van der Waals surface area contributed by atoms with Crippen molar-refractivity contribution in [2.24, 2.45) is 0 Å². The van der Waals surface area contributed by atoms with E-state index in [9.17, 15) is 27.6 Å². The summed E-state index contributed by atoms with van der Waals surface area (Å²) in [6, 6.07) is 8.48. The van der Waals surface area contributed by atoms with Crippen LogP contribution in [0.4, 0.5) is 13.2 Å². The zero-order valence-electron chi connectivity index (χ0n) is 18.9. The van der Waals surface area contributed by atoms with Crippen LogP contribution in [-0.4, -0.2) is 51.9 Å². The van der Waals surface area contributed by atoms with Crippen LogP contribution in [-0.2, 0) is 31.7 Å². The second kappa shape index (κ2) is 11.9. The Morgan fingerprint density at radius 3 is 2.49 bits per heavy atom. The van der Waals surface area contributed by atoms with Crippen molar-refractivity contribution in [3.05, 3.63) is 64.1 Å². The Labute approximate surface area is 223 Å². The van der Waals surface area contributed by atoms with E-state index >= 15 is 0 Å². The number of carboxylic acids is 1. The summed E-state index contributed by atoms with van der Waals surface area (Å²) in [5.41, 5.74) is -0.376. The number of halogens is 4. The molecule has 0 saturated carbocycles. The van der Waals surface area contributed by atoms with E-state index in [1.807, 2.05) is 0 Å². The van der Waals surface area contributed by atoms with Gasteiger partial charge in [-0.05, 0) is 59.7 Å². The number of amides is 1. The maximum Gasteiger partial charge on any atom is 0.420 e. The van der Waals surface area contributed by atoms with Gasteiger partial charge in [0.15, 0.2) is 0 Å². The van der Waals surface area contributed by atoms with Gasteiger partial charge in [0.25, 0.3) is 5.91 Å². The SMILES string of the molecule is COC(=O)[C@H](Cc1ccc(Oc2ccc(/C=C3\SC(=S)N(CC(=O)O)C3=O)cc2C(F)(F)F)cc1)NCl. The Bertz CT molecular complexity index is 1250. The number of carbonyl (C=O) groups excluding carboxylic acids is 2. The van der Waals surface area contributed by atoms with E-state index in [1.54, 1.807) is 12.1 Å². The molecule has 0 spiro atoms. The number of thiocarbonyl (C=S) groups is 1.